The van der Waals surface area contributed by atoms with Crippen LogP contribution in [0.5, 0.6) is 0 Å². The predicted octanol–water partition coefficient (Wildman–Crippen LogP) is 1.01. The lowest BCUT2D eigenvalue weighted by Crippen LogP contribution is -2.36. The summed E-state index contributed by atoms with van der Waals surface area (Å²) in [5.41, 5.74) is 0. The maximum atomic E-state index is 11.7. The smallest absolute Gasteiger partial charge is 0.307 e. The summed E-state index contributed by atoms with van der Waals surface area (Å²) < 4.78 is 0. The average molecular weight is 211 g/mol. The minimum atomic E-state index is -0.820. The number of hydrogen-bond donors (Lipinski definition) is 2. The first-order valence-electron chi connectivity index (χ1n) is 5.69. The molecule has 4 heteroatoms. The van der Waals surface area contributed by atoms with Crippen molar-refractivity contribution in [3.63, 3.8) is 0 Å². The minimum absolute atomic E-state index is 0.0493. The fourth-order valence-electron chi connectivity index (χ4n) is 2.27. The van der Waals surface area contributed by atoms with Gasteiger partial charge in [0.25, 0.3) is 0 Å². The van der Waals surface area contributed by atoms with Crippen molar-refractivity contribution in [3.8, 4) is 0 Å². The Morgan fingerprint density at radius 2 is 1.80 bits per heavy atom. The van der Waals surface area contributed by atoms with Crippen LogP contribution in [-0.4, -0.2) is 23.5 Å². The highest BCUT2D eigenvalue weighted by Gasteiger charge is 2.38. The van der Waals surface area contributed by atoms with Crippen LogP contribution in [0.1, 0.15) is 32.1 Å². The zero-order valence-corrected chi connectivity index (χ0v) is 8.74. The summed E-state index contributed by atoms with van der Waals surface area (Å²) in [6.45, 7) is 0.738. The fraction of sp³-hybridized carbons (Fsp3) is 0.818. The number of amides is 1. The third-order valence-corrected chi connectivity index (χ3v) is 3.43. The zero-order chi connectivity index (χ0) is 10.8. The van der Waals surface area contributed by atoms with Gasteiger partial charge < -0.3 is 10.4 Å². The van der Waals surface area contributed by atoms with Gasteiger partial charge in [0.05, 0.1) is 11.8 Å². The molecule has 2 aliphatic rings. The van der Waals surface area contributed by atoms with Crippen LogP contribution >= 0.6 is 0 Å². The molecule has 2 rings (SSSR count). The van der Waals surface area contributed by atoms with Crippen LogP contribution in [0.25, 0.3) is 0 Å². The van der Waals surface area contributed by atoms with Crippen molar-refractivity contribution >= 4 is 11.9 Å². The van der Waals surface area contributed by atoms with Crippen molar-refractivity contribution in [3.05, 3.63) is 0 Å². The van der Waals surface area contributed by atoms with E-state index in [1.165, 1.54) is 12.8 Å². The maximum absolute atomic E-state index is 11.7. The Hall–Kier alpha value is -1.06. The second-order valence-corrected chi connectivity index (χ2v) is 4.67. The lowest BCUT2D eigenvalue weighted by Gasteiger charge is -2.15. The summed E-state index contributed by atoms with van der Waals surface area (Å²) in [5, 5.41) is 11.8. The first-order chi connectivity index (χ1) is 7.18. The third kappa shape index (κ3) is 2.49. The van der Waals surface area contributed by atoms with Crippen molar-refractivity contribution in [1.29, 1.82) is 0 Å². The van der Waals surface area contributed by atoms with Gasteiger partial charge in [-0.25, -0.2) is 0 Å². The molecule has 0 saturated heterocycles. The van der Waals surface area contributed by atoms with E-state index in [9.17, 15) is 9.59 Å². The quantitative estimate of drug-likeness (QED) is 0.729. The molecule has 0 bridgehead atoms. The van der Waals surface area contributed by atoms with E-state index in [-0.39, 0.29) is 11.8 Å². The van der Waals surface area contributed by atoms with E-state index in [1.54, 1.807) is 0 Å². The van der Waals surface area contributed by atoms with Crippen LogP contribution in [0.15, 0.2) is 0 Å². The summed E-state index contributed by atoms with van der Waals surface area (Å²) in [4.78, 5) is 22.6. The van der Waals surface area contributed by atoms with E-state index < -0.39 is 11.9 Å². The van der Waals surface area contributed by atoms with Gasteiger partial charge in [-0.2, -0.15) is 0 Å². The fourth-order valence-corrected chi connectivity index (χ4v) is 2.27. The highest BCUT2D eigenvalue weighted by molar-refractivity contribution is 5.85. The Labute approximate surface area is 89.0 Å². The monoisotopic (exact) mass is 211 g/mol. The van der Waals surface area contributed by atoms with Crippen molar-refractivity contribution in [1.82, 2.24) is 5.32 Å². The molecule has 0 heterocycles. The SMILES string of the molecule is O=C(O)[C@H]1CCC[C@H]1C(=O)NCC1CC1. The average Bonchev–Trinajstić information content (AvgIpc) is 2.88. The first kappa shape index (κ1) is 10.5. The molecule has 0 aromatic carbocycles. The van der Waals surface area contributed by atoms with Gasteiger partial charge in [-0.3, -0.25) is 9.59 Å². The largest absolute Gasteiger partial charge is 0.481 e. The zero-order valence-electron chi connectivity index (χ0n) is 8.74. The minimum Gasteiger partial charge on any atom is -0.481 e. The van der Waals surface area contributed by atoms with Gasteiger partial charge in [0, 0.05) is 6.54 Å². The topological polar surface area (TPSA) is 66.4 Å². The summed E-state index contributed by atoms with van der Waals surface area (Å²) in [5.74, 6) is -0.963. The molecular formula is C11H17NO3. The molecule has 4 nitrogen and oxygen atoms in total. The van der Waals surface area contributed by atoms with Gasteiger partial charge in [-0.05, 0) is 31.6 Å². The second kappa shape index (κ2) is 4.21. The molecule has 0 radical (unpaired) electrons. The summed E-state index contributed by atoms with van der Waals surface area (Å²) in [7, 11) is 0. The summed E-state index contributed by atoms with van der Waals surface area (Å²) >= 11 is 0. The van der Waals surface area contributed by atoms with Gasteiger partial charge in [-0.1, -0.05) is 6.42 Å². The molecule has 84 valence electrons. The van der Waals surface area contributed by atoms with Gasteiger partial charge in [0.1, 0.15) is 0 Å². The number of nitrogens with one attached hydrogen (secondary N) is 1. The number of carbonyl (C=O) groups excluding carboxylic acids is 1. The molecule has 0 aromatic heterocycles. The van der Waals surface area contributed by atoms with E-state index >= 15 is 0 Å². The van der Waals surface area contributed by atoms with Crippen molar-refractivity contribution in [2.24, 2.45) is 17.8 Å². The predicted molar refractivity (Wildman–Crippen MR) is 54.2 cm³/mol. The van der Waals surface area contributed by atoms with E-state index in [0.717, 1.165) is 19.4 Å². The molecule has 0 unspecified atom stereocenters. The molecule has 1 amide bonds. The van der Waals surface area contributed by atoms with Crippen LogP contribution in [0.3, 0.4) is 0 Å². The van der Waals surface area contributed by atoms with Gasteiger partial charge >= 0.3 is 5.97 Å². The van der Waals surface area contributed by atoms with Crippen LogP contribution in [0.4, 0.5) is 0 Å². The highest BCUT2D eigenvalue weighted by Crippen LogP contribution is 2.32. The van der Waals surface area contributed by atoms with Crippen LogP contribution in [-0.2, 0) is 9.59 Å². The van der Waals surface area contributed by atoms with Crippen LogP contribution < -0.4 is 5.32 Å². The molecule has 0 aliphatic heterocycles. The van der Waals surface area contributed by atoms with Crippen molar-refractivity contribution in [2.45, 2.75) is 32.1 Å². The molecule has 2 fully saturated rings. The number of hydrogen-bond acceptors (Lipinski definition) is 2. The summed E-state index contributed by atoms with van der Waals surface area (Å²) in [6, 6.07) is 0. The number of aliphatic carboxylic acids is 1. The molecule has 15 heavy (non-hydrogen) atoms. The third-order valence-electron chi connectivity index (χ3n) is 3.43. The molecule has 0 aromatic rings. The molecule has 0 spiro atoms. The number of carbonyl (C=O) groups is 2. The molecule has 2 aliphatic carbocycles. The standard InChI is InChI=1S/C11H17NO3/c13-10(12-6-7-4-5-7)8-2-1-3-9(8)11(14)15/h7-9H,1-6H2,(H,12,13)(H,14,15)/t8-,9+/m1/s1. The van der Waals surface area contributed by atoms with Gasteiger partial charge in [0.15, 0.2) is 0 Å². The maximum Gasteiger partial charge on any atom is 0.307 e. The van der Waals surface area contributed by atoms with E-state index in [4.69, 9.17) is 5.11 Å². The molecular weight excluding hydrogens is 194 g/mol. The van der Waals surface area contributed by atoms with Gasteiger partial charge in [-0.15, -0.1) is 0 Å². The Morgan fingerprint density at radius 1 is 1.13 bits per heavy atom. The Bertz CT molecular complexity index is 273. The van der Waals surface area contributed by atoms with E-state index in [2.05, 4.69) is 5.32 Å². The van der Waals surface area contributed by atoms with Crippen molar-refractivity contribution < 1.29 is 14.7 Å². The first-order valence-corrected chi connectivity index (χ1v) is 5.69. The van der Waals surface area contributed by atoms with E-state index in [1.807, 2.05) is 0 Å². The highest BCUT2D eigenvalue weighted by atomic mass is 16.4. The van der Waals surface area contributed by atoms with Crippen LogP contribution in [0, 0.1) is 17.8 Å². The van der Waals surface area contributed by atoms with E-state index in [0.29, 0.717) is 12.3 Å². The molecule has 2 atom stereocenters. The number of rotatable bonds is 4. The van der Waals surface area contributed by atoms with Gasteiger partial charge in [0.2, 0.25) is 5.91 Å². The Balaban J connectivity index is 1.84. The summed E-state index contributed by atoms with van der Waals surface area (Å²) in [6.07, 6.45) is 4.64. The van der Waals surface area contributed by atoms with Crippen LogP contribution in [0.2, 0.25) is 0 Å². The number of carboxylic acids is 1. The van der Waals surface area contributed by atoms with Crippen molar-refractivity contribution in [2.75, 3.05) is 6.54 Å². The Kier molecular flexibility index (Phi) is 2.93. The Morgan fingerprint density at radius 3 is 2.40 bits per heavy atom. The molecule has 2 saturated carbocycles. The lowest BCUT2D eigenvalue weighted by molar-refractivity contribution is -0.146. The number of carboxylic acid groups (broad SMARTS) is 1. The molecule has 2 N–H and O–H groups in total. The lowest BCUT2D eigenvalue weighted by atomic mass is 9.95. The second-order valence-electron chi connectivity index (χ2n) is 4.67. The normalized spacial score (nSPS) is 30.1.